The highest BCUT2D eigenvalue weighted by Gasteiger charge is 2.31. The lowest BCUT2D eigenvalue weighted by atomic mass is 10.1. The van der Waals surface area contributed by atoms with Crippen molar-refractivity contribution < 1.29 is 13.2 Å². The monoisotopic (exact) mass is 486 g/mol. The summed E-state index contributed by atoms with van der Waals surface area (Å²) in [5.41, 5.74) is -0.0297. The summed E-state index contributed by atoms with van der Waals surface area (Å²) in [4.78, 5) is 11.0. The number of benzene rings is 2. The topological polar surface area (TPSA) is 41.0 Å². The first-order valence-electron chi connectivity index (χ1n) is 8.88. The molecule has 0 saturated carbocycles. The second-order valence-electron chi connectivity index (χ2n) is 6.84. The molecule has 154 valence electrons. The summed E-state index contributed by atoms with van der Waals surface area (Å²) in [6, 6.07) is 8.94. The molecule has 29 heavy (non-hydrogen) atoms. The van der Waals surface area contributed by atoms with Gasteiger partial charge in [0, 0.05) is 22.0 Å². The number of hydrogen-bond donors (Lipinski definition) is 1. The molecular weight excluding hydrogens is 469 g/mol. The van der Waals surface area contributed by atoms with Crippen molar-refractivity contribution >= 4 is 44.3 Å². The Morgan fingerprint density at radius 3 is 2.59 bits per heavy atom. The van der Waals surface area contributed by atoms with E-state index in [1.54, 1.807) is 18.2 Å². The zero-order chi connectivity index (χ0) is 21.2. The third kappa shape index (κ3) is 5.38. The lowest BCUT2D eigenvalue weighted by Crippen LogP contribution is -2.17. The van der Waals surface area contributed by atoms with Crippen molar-refractivity contribution in [1.29, 1.82) is 0 Å². The zero-order valence-electron chi connectivity index (χ0n) is 15.8. The maximum Gasteiger partial charge on any atom is 0.416 e. The van der Waals surface area contributed by atoms with Gasteiger partial charge in [0.2, 0.25) is 0 Å². The largest absolute Gasteiger partial charge is 0.416 e. The van der Waals surface area contributed by atoms with Crippen LogP contribution in [0, 0.1) is 0 Å². The Morgan fingerprint density at radius 2 is 1.90 bits per heavy atom. The van der Waals surface area contributed by atoms with Gasteiger partial charge in [0.1, 0.15) is 5.82 Å². The van der Waals surface area contributed by atoms with Crippen LogP contribution in [-0.4, -0.2) is 42.1 Å². The molecule has 1 aromatic heterocycles. The number of rotatable bonds is 6. The van der Waals surface area contributed by atoms with Gasteiger partial charge in [-0.05, 0) is 57.4 Å². The van der Waals surface area contributed by atoms with Crippen LogP contribution in [0.5, 0.6) is 0 Å². The molecule has 2 aromatic carbocycles. The lowest BCUT2D eigenvalue weighted by Gasteiger charge is -2.14. The second kappa shape index (κ2) is 8.85. The molecule has 9 heteroatoms. The molecule has 0 radical (unpaired) electrons. The molecule has 4 nitrogen and oxygen atoms in total. The van der Waals surface area contributed by atoms with Crippen molar-refractivity contribution in [2.75, 3.05) is 32.5 Å². The number of hydrogen-bond acceptors (Lipinski definition) is 4. The quantitative estimate of drug-likeness (QED) is 0.427. The van der Waals surface area contributed by atoms with Gasteiger partial charge in [-0.2, -0.15) is 13.2 Å². The van der Waals surface area contributed by atoms with Gasteiger partial charge in [-0.15, -0.1) is 0 Å². The van der Waals surface area contributed by atoms with E-state index >= 15 is 0 Å². The zero-order valence-corrected chi connectivity index (χ0v) is 18.2. The van der Waals surface area contributed by atoms with Crippen molar-refractivity contribution in [1.82, 2.24) is 14.9 Å². The molecule has 0 atom stereocenters. The van der Waals surface area contributed by atoms with Crippen molar-refractivity contribution in [2.45, 2.75) is 12.6 Å². The van der Waals surface area contributed by atoms with Gasteiger partial charge in [0.15, 0.2) is 5.82 Å². The fraction of sp³-hybridized carbons (Fsp3) is 0.300. The van der Waals surface area contributed by atoms with Crippen molar-refractivity contribution in [3.63, 3.8) is 0 Å². The van der Waals surface area contributed by atoms with Gasteiger partial charge in [0.25, 0.3) is 0 Å². The summed E-state index contributed by atoms with van der Waals surface area (Å²) in [7, 11) is 3.98. The summed E-state index contributed by atoms with van der Waals surface area (Å²) in [5.74, 6) is 0.715. The number of aromatic nitrogens is 2. The first kappa shape index (κ1) is 21.8. The minimum atomic E-state index is -4.47. The number of alkyl halides is 3. The first-order chi connectivity index (χ1) is 13.6. The Morgan fingerprint density at radius 1 is 1.14 bits per heavy atom. The van der Waals surface area contributed by atoms with Crippen LogP contribution >= 0.6 is 27.5 Å². The molecule has 0 spiro atoms. The Labute approximate surface area is 180 Å². The molecule has 0 unspecified atom stereocenters. The van der Waals surface area contributed by atoms with E-state index in [0.29, 0.717) is 27.4 Å². The van der Waals surface area contributed by atoms with Gasteiger partial charge in [-0.25, -0.2) is 9.97 Å². The average molecular weight is 488 g/mol. The maximum absolute atomic E-state index is 13.2. The molecule has 0 aliphatic heterocycles. The molecule has 0 bridgehead atoms. The molecule has 3 rings (SSSR count). The fourth-order valence-electron chi connectivity index (χ4n) is 2.87. The number of fused-ring (bicyclic) bond motifs is 1. The summed E-state index contributed by atoms with van der Waals surface area (Å²) in [5, 5.41) is 4.40. The number of para-hydroxylation sites is 1. The molecule has 0 saturated heterocycles. The van der Waals surface area contributed by atoms with E-state index in [1.165, 1.54) is 0 Å². The normalized spacial score (nSPS) is 12.0. The SMILES string of the molecule is CN(C)CCCNc1nc(-c2cc(Br)cc(C(F)(F)F)c2)nc2c(Cl)cccc12. The standard InChI is InChI=1S/C20H19BrClF3N4/c1-29(2)8-4-7-26-19-15-5-3-6-16(22)17(15)27-18(28-19)12-9-13(20(23,24)25)11-14(21)10-12/h3,5-6,9-11H,4,7-8H2,1-2H3,(H,26,27,28). The third-order valence-electron chi connectivity index (χ3n) is 4.24. The number of anilines is 1. The van der Waals surface area contributed by atoms with E-state index in [0.717, 1.165) is 30.5 Å². The minimum Gasteiger partial charge on any atom is -0.369 e. The Kier molecular flexibility index (Phi) is 6.65. The van der Waals surface area contributed by atoms with Crippen molar-refractivity contribution in [3.8, 4) is 11.4 Å². The van der Waals surface area contributed by atoms with E-state index < -0.39 is 11.7 Å². The summed E-state index contributed by atoms with van der Waals surface area (Å²) in [6.07, 6.45) is -3.59. The van der Waals surface area contributed by atoms with Crippen LogP contribution in [0.1, 0.15) is 12.0 Å². The van der Waals surface area contributed by atoms with Crippen LogP contribution in [-0.2, 0) is 6.18 Å². The number of halogens is 5. The molecule has 0 amide bonds. The van der Waals surface area contributed by atoms with Crippen molar-refractivity contribution in [3.05, 3.63) is 51.5 Å². The molecule has 0 fully saturated rings. The molecular formula is C20H19BrClF3N4. The molecule has 3 aromatic rings. The van der Waals surface area contributed by atoms with Gasteiger partial charge in [0.05, 0.1) is 16.1 Å². The van der Waals surface area contributed by atoms with E-state index in [9.17, 15) is 13.2 Å². The van der Waals surface area contributed by atoms with Crippen LogP contribution in [0.25, 0.3) is 22.3 Å². The Hall–Kier alpha value is -1.90. The van der Waals surface area contributed by atoms with Crippen LogP contribution in [0.2, 0.25) is 5.02 Å². The highest BCUT2D eigenvalue weighted by Crippen LogP contribution is 2.35. The van der Waals surface area contributed by atoms with E-state index in [4.69, 9.17) is 11.6 Å². The molecule has 0 aliphatic carbocycles. The summed E-state index contributed by atoms with van der Waals surface area (Å²) < 4.78 is 40.0. The van der Waals surface area contributed by atoms with Crippen LogP contribution in [0.3, 0.4) is 0 Å². The first-order valence-corrected chi connectivity index (χ1v) is 10.1. The molecule has 1 heterocycles. The summed E-state index contributed by atoms with van der Waals surface area (Å²) in [6.45, 7) is 1.55. The lowest BCUT2D eigenvalue weighted by molar-refractivity contribution is -0.137. The Balaban J connectivity index is 2.07. The van der Waals surface area contributed by atoms with Crippen LogP contribution in [0.15, 0.2) is 40.9 Å². The Bertz CT molecular complexity index is 1020. The second-order valence-corrected chi connectivity index (χ2v) is 8.16. The third-order valence-corrected chi connectivity index (χ3v) is 5.00. The predicted molar refractivity (Wildman–Crippen MR) is 114 cm³/mol. The predicted octanol–water partition coefficient (Wildman–Crippen LogP) is 6.10. The number of nitrogens with one attached hydrogen (secondary N) is 1. The van der Waals surface area contributed by atoms with Crippen LogP contribution in [0.4, 0.5) is 19.0 Å². The van der Waals surface area contributed by atoms with Gasteiger partial charge in [-0.3, -0.25) is 0 Å². The molecule has 1 N–H and O–H groups in total. The van der Waals surface area contributed by atoms with E-state index in [2.05, 4.69) is 36.1 Å². The van der Waals surface area contributed by atoms with Gasteiger partial charge in [-0.1, -0.05) is 33.6 Å². The molecule has 0 aliphatic rings. The van der Waals surface area contributed by atoms with E-state index in [-0.39, 0.29) is 11.4 Å². The van der Waals surface area contributed by atoms with Crippen molar-refractivity contribution in [2.24, 2.45) is 0 Å². The minimum absolute atomic E-state index is 0.174. The van der Waals surface area contributed by atoms with Gasteiger partial charge >= 0.3 is 6.18 Å². The van der Waals surface area contributed by atoms with Gasteiger partial charge < -0.3 is 10.2 Å². The maximum atomic E-state index is 13.2. The van der Waals surface area contributed by atoms with E-state index in [1.807, 2.05) is 20.2 Å². The fourth-order valence-corrected chi connectivity index (χ4v) is 3.58. The number of nitrogens with zero attached hydrogens (tertiary/aromatic N) is 3. The highest BCUT2D eigenvalue weighted by molar-refractivity contribution is 9.10. The average Bonchev–Trinajstić information content (AvgIpc) is 2.64. The van der Waals surface area contributed by atoms with Crippen LogP contribution < -0.4 is 5.32 Å². The smallest absolute Gasteiger partial charge is 0.369 e. The summed E-state index contributed by atoms with van der Waals surface area (Å²) >= 11 is 9.46. The highest BCUT2D eigenvalue weighted by atomic mass is 79.9.